The molecule has 0 bridgehead atoms. The molecule has 0 fully saturated rings. The van der Waals surface area contributed by atoms with E-state index in [-0.39, 0.29) is 11.8 Å². The maximum atomic E-state index is 12.2. The van der Waals surface area contributed by atoms with Gasteiger partial charge >= 0.3 is 0 Å². The van der Waals surface area contributed by atoms with Crippen molar-refractivity contribution in [3.05, 3.63) is 35.9 Å². The van der Waals surface area contributed by atoms with Crippen molar-refractivity contribution in [1.82, 2.24) is 5.32 Å². The maximum absolute atomic E-state index is 12.2. The molecule has 0 amide bonds. The molecule has 0 saturated heterocycles. The minimum Gasteiger partial charge on any atom is -0.305 e. The van der Waals surface area contributed by atoms with Gasteiger partial charge in [-0.2, -0.15) is 0 Å². The Bertz CT molecular complexity index is 319. The van der Waals surface area contributed by atoms with E-state index in [1.807, 2.05) is 30.3 Å². The Balaban J connectivity index is 2.74. The molecular formula is C14H21NO. The number of Topliss-reactive ketones (excluding diaryl/α,β-unsaturated/α-hetero) is 1. The summed E-state index contributed by atoms with van der Waals surface area (Å²) in [6.45, 7) is 6.25. The summed E-state index contributed by atoms with van der Waals surface area (Å²) < 4.78 is 0. The van der Waals surface area contributed by atoms with Gasteiger partial charge in [0.15, 0.2) is 5.78 Å². The number of hydrogen-bond donors (Lipinski definition) is 1. The lowest BCUT2D eigenvalue weighted by atomic mass is 10.00. The molecule has 2 nitrogen and oxygen atoms in total. The molecule has 0 aliphatic heterocycles. The van der Waals surface area contributed by atoms with E-state index < -0.39 is 0 Å². The number of rotatable bonds is 6. The molecule has 0 unspecified atom stereocenters. The fourth-order valence-corrected chi connectivity index (χ4v) is 1.78. The second-order valence-corrected chi connectivity index (χ2v) is 4.39. The molecule has 0 saturated carbocycles. The van der Waals surface area contributed by atoms with E-state index in [4.69, 9.17) is 0 Å². The largest absolute Gasteiger partial charge is 0.305 e. The standard InChI is InChI=1S/C14H21NO/c1-4-8-13(15-11(2)3)14(16)12-9-6-5-7-10-12/h5-7,9-11,13,15H,4,8H2,1-3H3/t13-/m0/s1. The van der Waals surface area contributed by atoms with Crippen molar-refractivity contribution in [3.8, 4) is 0 Å². The van der Waals surface area contributed by atoms with Gasteiger partial charge in [-0.05, 0) is 6.42 Å². The summed E-state index contributed by atoms with van der Waals surface area (Å²) in [5.41, 5.74) is 0.800. The lowest BCUT2D eigenvalue weighted by Crippen LogP contribution is -2.40. The zero-order valence-corrected chi connectivity index (χ0v) is 10.4. The van der Waals surface area contributed by atoms with Crippen LogP contribution in [0.4, 0.5) is 0 Å². The fraction of sp³-hybridized carbons (Fsp3) is 0.500. The van der Waals surface area contributed by atoms with Crippen molar-refractivity contribution < 1.29 is 4.79 Å². The van der Waals surface area contributed by atoms with Crippen molar-refractivity contribution in [1.29, 1.82) is 0 Å². The van der Waals surface area contributed by atoms with Crippen LogP contribution in [0.2, 0.25) is 0 Å². The first-order chi connectivity index (χ1) is 7.65. The molecule has 0 aliphatic carbocycles. The normalized spacial score (nSPS) is 12.8. The molecule has 2 heteroatoms. The van der Waals surface area contributed by atoms with E-state index in [1.165, 1.54) is 0 Å². The molecule has 1 N–H and O–H groups in total. The Morgan fingerprint density at radius 1 is 1.25 bits per heavy atom. The van der Waals surface area contributed by atoms with Crippen molar-refractivity contribution in [2.24, 2.45) is 0 Å². The minimum absolute atomic E-state index is 0.0487. The lowest BCUT2D eigenvalue weighted by Gasteiger charge is -2.19. The Kier molecular flexibility index (Phi) is 5.20. The van der Waals surface area contributed by atoms with Gasteiger partial charge in [-0.15, -0.1) is 0 Å². The minimum atomic E-state index is -0.0487. The maximum Gasteiger partial charge on any atom is 0.179 e. The first-order valence-electron chi connectivity index (χ1n) is 6.00. The molecule has 0 spiro atoms. The zero-order chi connectivity index (χ0) is 12.0. The molecule has 0 radical (unpaired) electrons. The quantitative estimate of drug-likeness (QED) is 0.745. The highest BCUT2D eigenvalue weighted by Crippen LogP contribution is 2.08. The third kappa shape index (κ3) is 3.78. The summed E-state index contributed by atoms with van der Waals surface area (Å²) in [6, 6.07) is 9.80. The van der Waals surface area contributed by atoms with Gasteiger partial charge in [0.2, 0.25) is 0 Å². The van der Waals surface area contributed by atoms with Crippen LogP contribution in [0.15, 0.2) is 30.3 Å². The Morgan fingerprint density at radius 3 is 2.38 bits per heavy atom. The summed E-state index contributed by atoms with van der Waals surface area (Å²) in [7, 11) is 0. The van der Waals surface area contributed by atoms with Gasteiger partial charge in [0.05, 0.1) is 6.04 Å². The molecule has 1 aromatic carbocycles. The smallest absolute Gasteiger partial charge is 0.179 e. The molecule has 1 aromatic rings. The third-order valence-corrected chi connectivity index (χ3v) is 2.49. The van der Waals surface area contributed by atoms with E-state index in [9.17, 15) is 4.79 Å². The molecule has 16 heavy (non-hydrogen) atoms. The molecule has 0 aromatic heterocycles. The highest BCUT2D eigenvalue weighted by molar-refractivity contribution is 6.00. The predicted molar refractivity (Wildman–Crippen MR) is 67.7 cm³/mol. The van der Waals surface area contributed by atoms with Gasteiger partial charge in [-0.25, -0.2) is 0 Å². The van der Waals surface area contributed by atoms with Gasteiger partial charge in [0, 0.05) is 11.6 Å². The SMILES string of the molecule is CCC[C@H](NC(C)C)C(=O)c1ccccc1. The monoisotopic (exact) mass is 219 g/mol. The van der Waals surface area contributed by atoms with E-state index in [0.29, 0.717) is 6.04 Å². The average Bonchev–Trinajstić information content (AvgIpc) is 2.28. The van der Waals surface area contributed by atoms with Crippen LogP contribution in [0.1, 0.15) is 44.0 Å². The van der Waals surface area contributed by atoms with Gasteiger partial charge in [0.25, 0.3) is 0 Å². The topological polar surface area (TPSA) is 29.1 Å². The number of hydrogen-bond acceptors (Lipinski definition) is 2. The first-order valence-corrected chi connectivity index (χ1v) is 6.00. The van der Waals surface area contributed by atoms with E-state index >= 15 is 0 Å². The van der Waals surface area contributed by atoms with Crippen LogP contribution in [0.5, 0.6) is 0 Å². The lowest BCUT2D eigenvalue weighted by molar-refractivity contribution is 0.0932. The second-order valence-electron chi connectivity index (χ2n) is 4.39. The number of carbonyl (C=O) groups is 1. The summed E-state index contributed by atoms with van der Waals surface area (Å²) in [4.78, 5) is 12.2. The Hall–Kier alpha value is -1.15. The summed E-state index contributed by atoms with van der Waals surface area (Å²) in [5, 5.41) is 3.33. The van der Waals surface area contributed by atoms with E-state index in [1.54, 1.807) is 0 Å². The molecule has 88 valence electrons. The number of ketones is 1. The van der Waals surface area contributed by atoms with Crippen LogP contribution in [0.3, 0.4) is 0 Å². The molecular weight excluding hydrogens is 198 g/mol. The second kappa shape index (κ2) is 6.44. The van der Waals surface area contributed by atoms with Crippen molar-refractivity contribution >= 4 is 5.78 Å². The number of carbonyl (C=O) groups excluding carboxylic acids is 1. The van der Waals surface area contributed by atoms with Crippen LogP contribution < -0.4 is 5.32 Å². The molecule has 0 aliphatic rings. The van der Waals surface area contributed by atoms with Crippen LogP contribution >= 0.6 is 0 Å². The van der Waals surface area contributed by atoms with Gasteiger partial charge in [-0.3, -0.25) is 4.79 Å². The van der Waals surface area contributed by atoms with Crippen molar-refractivity contribution in [2.75, 3.05) is 0 Å². The Labute approximate surface area is 98.1 Å². The summed E-state index contributed by atoms with van der Waals surface area (Å²) in [6.07, 6.45) is 1.91. The van der Waals surface area contributed by atoms with Crippen molar-refractivity contribution in [3.63, 3.8) is 0 Å². The van der Waals surface area contributed by atoms with E-state index in [2.05, 4.69) is 26.1 Å². The molecule has 1 atom stereocenters. The van der Waals surface area contributed by atoms with Gasteiger partial charge in [0.1, 0.15) is 0 Å². The predicted octanol–water partition coefficient (Wildman–Crippen LogP) is 3.04. The van der Waals surface area contributed by atoms with Crippen LogP contribution in [0, 0.1) is 0 Å². The highest BCUT2D eigenvalue weighted by atomic mass is 16.1. The zero-order valence-electron chi connectivity index (χ0n) is 10.4. The molecule has 0 heterocycles. The average molecular weight is 219 g/mol. The Morgan fingerprint density at radius 2 is 1.88 bits per heavy atom. The van der Waals surface area contributed by atoms with Crippen molar-refractivity contribution in [2.45, 2.75) is 45.7 Å². The first kappa shape index (κ1) is 12.9. The fourth-order valence-electron chi connectivity index (χ4n) is 1.78. The van der Waals surface area contributed by atoms with Gasteiger partial charge in [-0.1, -0.05) is 57.5 Å². The van der Waals surface area contributed by atoms with E-state index in [0.717, 1.165) is 18.4 Å². The molecule has 1 rings (SSSR count). The number of benzene rings is 1. The van der Waals surface area contributed by atoms with Crippen LogP contribution in [-0.2, 0) is 0 Å². The third-order valence-electron chi connectivity index (χ3n) is 2.49. The van der Waals surface area contributed by atoms with Crippen LogP contribution in [-0.4, -0.2) is 17.9 Å². The summed E-state index contributed by atoms with van der Waals surface area (Å²) >= 11 is 0. The van der Waals surface area contributed by atoms with Crippen LogP contribution in [0.25, 0.3) is 0 Å². The highest BCUT2D eigenvalue weighted by Gasteiger charge is 2.19. The van der Waals surface area contributed by atoms with Gasteiger partial charge < -0.3 is 5.32 Å². The summed E-state index contributed by atoms with van der Waals surface area (Å²) in [5.74, 6) is 0.205. The number of nitrogens with one attached hydrogen (secondary N) is 1.